The van der Waals surface area contributed by atoms with E-state index in [1.807, 2.05) is 6.92 Å². The van der Waals surface area contributed by atoms with Gasteiger partial charge in [-0.3, -0.25) is 4.79 Å². The first-order valence-electron chi connectivity index (χ1n) is 6.08. The zero-order valence-electron chi connectivity index (χ0n) is 11.0. The third kappa shape index (κ3) is 5.21. The van der Waals surface area contributed by atoms with Gasteiger partial charge in [0.15, 0.2) is 0 Å². The molecule has 0 aliphatic carbocycles. The molecule has 1 rings (SSSR count). The SMILES string of the molecule is CCNC(=O)C(C)NCc1ccccc1OC(F)F. The van der Waals surface area contributed by atoms with Gasteiger partial charge in [0.1, 0.15) is 5.75 Å². The minimum atomic E-state index is -2.86. The topological polar surface area (TPSA) is 50.4 Å². The van der Waals surface area contributed by atoms with Crippen LogP contribution in [0.5, 0.6) is 5.75 Å². The van der Waals surface area contributed by atoms with E-state index in [4.69, 9.17) is 0 Å². The van der Waals surface area contributed by atoms with Crippen molar-refractivity contribution in [3.63, 3.8) is 0 Å². The Kier molecular flexibility index (Phi) is 6.21. The first kappa shape index (κ1) is 15.4. The fourth-order valence-electron chi connectivity index (χ4n) is 1.54. The van der Waals surface area contributed by atoms with Crippen LogP contribution >= 0.6 is 0 Å². The number of carbonyl (C=O) groups excluding carboxylic acids is 1. The number of benzene rings is 1. The highest BCUT2D eigenvalue weighted by Gasteiger charge is 2.13. The van der Waals surface area contributed by atoms with Crippen molar-refractivity contribution in [1.29, 1.82) is 0 Å². The summed E-state index contributed by atoms with van der Waals surface area (Å²) in [6.07, 6.45) is 0. The van der Waals surface area contributed by atoms with Gasteiger partial charge in [0, 0.05) is 18.7 Å². The zero-order valence-corrected chi connectivity index (χ0v) is 11.0. The lowest BCUT2D eigenvalue weighted by molar-refractivity contribution is -0.122. The number of para-hydroxylation sites is 1. The molecule has 4 nitrogen and oxygen atoms in total. The Bertz CT molecular complexity index is 413. The molecule has 0 heterocycles. The van der Waals surface area contributed by atoms with Gasteiger partial charge in [-0.15, -0.1) is 0 Å². The molecule has 0 aliphatic heterocycles. The van der Waals surface area contributed by atoms with Crippen molar-refractivity contribution in [3.05, 3.63) is 29.8 Å². The van der Waals surface area contributed by atoms with E-state index in [2.05, 4.69) is 15.4 Å². The second-order valence-electron chi connectivity index (χ2n) is 3.98. The van der Waals surface area contributed by atoms with Crippen molar-refractivity contribution in [1.82, 2.24) is 10.6 Å². The zero-order chi connectivity index (χ0) is 14.3. The van der Waals surface area contributed by atoms with E-state index in [1.165, 1.54) is 6.07 Å². The van der Waals surface area contributed by atoms with Crippen LogP contribution in [0.1, 0.15) is 19.4 Å². The fraction of sp³-hybridized carbons (Fsp3) is 0.462. The monoisotopic (exact) mass is 272 g/mol. The molecule has 6 heteroatoms. The Hall–Kier alpha value is -1.69. The van der Waals surface area contributed by atoms with Gasteiger partial charge < -0.3 is 15.4 Å². The summed E-state index contributed by atoms with van der Waals surface area (Å²) in [4.78, 5) is 11.5. The van der Waals surface area contributed by atoms with Crippen LogP contribution in [0.4, 0.5) is 8.78 Å². The summed E-state index contributed by atoms with van der Waals surface area (Å²) in [7, 11) is 0. The Balaban J connectivity index is 2.59. The lowest BCUT2D eigenvalue weighted by Gasteiger charge is -2.15. The van der Waals surface area contributed by atoms with Crippen molar-refractivity contribution >= 4 is 5.91 Å². The summed E-state index contributed by atoms with van der Waals surface area (Å²) in [6.45, 7) is 1.51. The highest BCUT2D eigenvalue weighted by molar-refractivity contribution is 5.81. The molecular weight excluding hydrogens is 254 g/mol. The first-order chi connectivity index (χ1) is 9.04. The molecule has 1 aromatic carbocycles. The van der Waals surface area contributed by atoms with Crippen LogP contribution in [0.15, 0.2) is 24.3 Å². The van der Waals surface area contributed by atoms with Crippen LogP contribution in [0.2, 0.25) is 0 Å². The molecule has 0 spiro atoms. The number of amides is 1. The predicted molar refractivity (Wildman–Crippen MR) is 68.1 cm³/mol. The fourth-order valence-corrected chi connectivity index (χ4v) is 1.54. The van der Waals surface area contributed by atoms with Crippen molar-refractivity contribution in [3.8, 4) is 5.75 Å². The Morgan fingerprint density at radius 3 is 2.68 bits per heavy atom. The summed E-state index contributed by atoms with van der Waals surface area (Å²) < 4.78 is 28.9. The maximum atomic E-state index is 12.2. The van der Waals surface area contributed by atoms with Gasteiger partial charge in [0.05, 0.1) is 6.04 Å². The number of rotatable bonds is 7. The Morgan fingerprint density at radius 2 is 2.05 bits per heavy atom. The molecule has 19 heavy (non-hydrogen) atoms. The van der Waals surface area contributed by atoms with Crippen LogP contribution in [-0.4, -0.2) is 25.1 Å². The third-order valence-corrected chi connectivity index (χ3v) is 2.53. The third-order valence-electron chi connectivity index (χ3n) is 2.53. The molecule has 106 valence electrons. The maximum absolute atomic E-state index is 12.2. The highest BCUT2D eigenvalue weighted by Crippen LogP contribution is 2.20. The standard InChI is InChI=1S/C13H18F2N2O2/c1-3-16-12(18)9(2)17-8-10-6-4-5-7-11(10)19-13(14)15/h4-7,9,13,17H,3,8H2,1-2H3,(H,16,18). The lowest BCUT2D eigenvalue weighted by Crippen LogP contribution is -2.41. The number of hydrogen-bond acceptors (Lipinski definition) is 3. The minimum absolute atomic E-state index is 0.119. The summed E-state index contributed by atoms with van der Waals surface area (Å²) in [5, 5.41) is 5.64. The lowest BCUT2D eigenvalue weighted by atomic mass is 10.2. The molecule has 0 radical (unpaired) electrons. The number of likely N-dealkylation sites (N-methyl/N-ethyl adjacent to an activating group) is 1. The molecule has 1 unspecified atom stereocenters. The van der Waals surface area contributed by atoms with E-state index in [1.54, 1.807) is 25.1 Å². The van der Waals surface area contributed by atoms with E-state index < -0.39 is 12.7 Å². The predicted octanol–water partition coefficient (Wildman–Crippen LogP) is 1.90. The number of hydrogen-bond donors (Lipinski definition) is 2. The molecule has 0 fully saturated rings. The normalized spacial score (nSPS) is 12.3. The average Bonchev–Trinajstić information content (AvgIpc) is 2.37. The van der Waals surface area contributed by atoms with Gasteiger partial charge >= 0.3 is 6.61 Å². The number of nitrogens with one attached hydrogen (secondary N) is 2. The number of carbonyl (C=O) groups is 1. The van der Waals surface area contributed by atoms with Gasteiger partial charge in [0.2, 0.25) is 5.91 Å². The van der Waals surface area contributed by atoms with Gasteiger partial charge in [-0.2, -0.15) is 8.78 Å². The van der Waals surface area contributed by atoms with E-state index in [-0.39, 0.29) is 18.2 Å². The number of alkyl halides is 2. The highest BCUT2D eigenvalue weighted by atomic mass is 19.3. The molecule has 0 aromatic heterocycles. The van der Waals surface area contributed by atoms with Crippen LogP contribution in [0, 0.1) is 0 Å². The van der Waals surface area contributed by atoms with E-state index in [0.29, 0.717) is 12.1 Å². The van der Waals surface area contributed by atoms with Gasteiger partial charge in [-0.05, 0) is 19.9 Å². The second kappa shape index (κ2) is 7.68. The number of ether oxygens (including phenoxy) is 1. The van der Waals surface area contributed by atoms with Crippen molar-refractivity contribution in [2.75, 3.05) is 6.54 Å². The van der Waals surface area contributed by atoms with Gasteiger partial charge in [-0.25, -0.2) is 0 Å². The summed E-state index contributed by atoms with van der Waals surface area (Å²) in [5.74, 6) is -0.0112. The van der Waals surface area contributed by atoms with Gasteiger partial charge in [-0.1, -0.05) is 18.2 Å². The quantitative estimate of drug-likeness (QED) is 0.797. The average molecular weight is 272 g/mol. The molecule has 1 atom stereocenters. The molecule has 0 aliphatic rings. The Labute approximate surface area is 111 Å². The van der Waals surface area contributed by atoms with Crippen LogP contribution in [-0.2, 0) is 11.3 Å². The van der Waals surface area contributed by atoms with Gasteiger partial charge in [0.25, 0.3) is 0 Å². The van der Waals surface area contributed by atoms with E-state index in [0.717, 1.165) is 0 Å². The molecule has 1 amide bonds. The first-order valence-corrected chi connectivity index (χ1v) is 6.08. The molecule has 1 aromatic rings. The molecule has 2 N–H and O–H groups in total. The van der Waals surface area contributed by atoms with Crippen LogP contribution in [0.25, 0.3) is 0 Å². The van der Waals surface area contributed by atoms with Crippen LogP contribution < -0.4 is 15.4 Å². The summed E-state index contributed by atoms with van der Waals surface area (Å²) in [5.41, 5.74) is 0.582. The number of halogens is 2. The minimum Gasteiger partial charge on any atom is -0.434 e. The maximum Gasteiger partial charge on any atom is 0.387 e. The summed E-state index contributed by atoms with van der Waals surface area (Å²) in [6, 6.07) is 6.09. The van der Waals surface area contributed by atoms with Crippen molar-refractivity contribution in [2.45, 2.75) is 33.0 Å². The van der Waals surface area contributed by atoms with Crippen molar-refractivity contribution in [2.24, 2.45) is 0 Å². The van der Waals surface area contributed by atoms with E-state index in [9.17, 15) is 13.6 Å². The Morgan fingerprint density at radius 1 is 1.37 bits per heavy atom. The molecular formula is C13H18F2N2O2. The van der Waals surface area contributed by atoms with E-state index >= 15 is 0 Å². The van der Waals surface area contributed by atoms with Crippen LogP contribution in [0.3, 0.4) is 0 Å². The molecule has 0 saturated carbocycles. The largest absolute Gasteiger partial charge is 0.434 e. The second-order valence-corrected chi connectivity index (χ2v) is 3.98. The van der Waals surface area contributed by atoms with Crippen molar-refractivity contribution < 1.29 is 18.3 Å². The molecule has 0 bridgehead atoms. The smallest absolute Gasteiger partial charge is 0.387 e. The molecule has 0 saturated heterocycles. The summed E-state index contributed by atoms with van der Waals surface area (Å²) >= 11 is 0.